The van der Waals surface area contributed by atoms with Gasteiger partial charge in [-0.05, 0) is 33.6 Å². The molecule has 0 radical (unpaired) electrons. The van der Waals surface area contributed by atoms with Crippen LogP contribution >= 0.6 is 0 Å². The van der Waals surface area contributed by atoms with Crippen LogP contribution in [0.3, 0.4) is 0 Å². The summed E-state index contributed by atoms with van der Waals surface area (Å²) in [5, 5.41) is 3.60. The molecule has 1 heterocycles. The van der Waals surface area contributed by atoms with Crippen molar-refractivity contribution in [3.63, 3.8) is 0 Å². The molecule has 0 aliphatic heterocycles. The van der Waals surface area contributed by atoms with E-state index in [4.69, 9.17) is 4.74 Å². The topological polar surface area (TPSA) is 39.1 Å². The van der Waals surface area contributed by atoms with Crippen molar-refractivity contribution in [2.75, 3.05) is 11.9 Å². The Balaban J connectivity index is 1.91. The summed E-state index contributed by atoms with van der Waals surface area (Å²) in [6.45, 7) is 7.80. The first-order chi connectivity index (χ1) is 9.15. The van der Waals surface area contributed by atoms with Gasteiger partial charge in [-0.15, -0.1) is 0 Å². The first-order valence-electron chi connectivity index (χ1n) is 7.57. The van der Waals surface area contributed by atoms with Gasteiger partial charge in [-0.1, -0.05) is 19.3 Å². The highest BCUT2D eigenvalue weighted by molar-refractivity contribution is 5.30. The summed E-state index contributed by atoms with van der Waals surface area (Å²) in [4.78, 5) is 4.60. The lowest BCUT2D eigenvalue weighted by molar-refractivity contribution is 0.0730. The van der Waals surface area contributed by atoms with Crippen LogP contribution in [0.2, 0.25) is 0 Å². The molecule has 0 aromatic carbocycles. The second kappa shape index (κ2) is 6.94. The molecule has 1 aliphatic rings. The van der Waals surface area contributed by atoms with E-state index in [9.17, 15) is 0 Å². The zero-order valence-corrected chi connectivity index (χ0v) is 12.5. The molecule has 1 N–H and O–H groups in total. The molecule has 1 fully saturated rings. The number of rotatable bonds is 6. The number of hydrogen-bond donors (Lipinski definition) is 1. The Morgan fingerprint density at radius 3 is 2.79 bits per heavy atom. The summed E-state index contributed by atoms with van der Waals surface area (Å²) in [6.07, 6.45) is 9.01. The third-order valence-electron chi connectivity index (χ3n) is 3.62. The van der Waals surface area contributed by atoms with Gasteiger partial charge < -0.3 is 14.6 Å². The fraction of sp³-hybridized carbons (Fsp3) is 0.800. The van der Waals surface area contributed by atoms with Gasteiger partial charge in [-0.25, -0.2) is 4.98 Å². The van der Waals surface area contributed by atoms with Gasteiger partial charge in [0.15, 0.2) is 0 Å². The van der Waals surface area contributed by atoms with Crippen LogP contribution in [0.1, 0.15) is 51.6 Å². The number of hydrogen-bond acceptors (Lipinski definition) is 3. The van der Waals surface area contributed by atoms with Crippen LogP contribution in [-0.4, -0.2) is 28.3 Å². The molecule has 1 saturated carbocycles. The molecule has 1 aliphatic carbocycles. The van der Waals surface area contributed by atoms with E-state index in [1.165, 1.54) is 32.1 Å². The molecule has 0 saturated heterocycles. The predicted octanol–water partition coefficient (Wildman–Crippen LogP) is 3.36. The van der Waals surface area contributed by atoms with Gasteiger partial charge in [0.1, 0.15) is 0 Å². The predicted molar refractivity (Wildman–Crippen MR) is 78.5 cm³/mol. The standard InChI is InChI=1S/C15H27N3O/c1-12(2)19-10-9-18-11-13(3)16-15(18)17-14-7-5-4-6-8-14/h11-12,14H,4-10H2,1-3H3,(H,16,17). The monoisotopic (exact) mass is 265 g/mol. The SMILES string of the molecule is Cc1cn(CCOC(C)C)c(NC2CCCCC2)n1. The number of aromatic nitrogens is 2. The maximum absolute atomic E-state index is 5.62. The Kier molecular flexibility index (Phi) is 5.25. The molecular formula is C15H27N3O. The highest BCUT2D eigenvalue weighted by Crippen LogP contribution is 2.21. The number of nitrogens with zero attached hydrogens (tertiary/aromatic N) is 2. The zero-order chi connectivity index (χ0) is 13.7. The normalized spacial score (nSPS) is 17.1. The van der Waals surface area contributed by atoms with Crippen molar-refractivity contribution in [1.29, 1.82) is 0 Å². The molecule has 0 unspecified atom stereocenters. The molecular weight excluding hydrogens is 238 g/mol. The largest absolute Gasteiger partial charge is 0.377 e. The van der Waals surface area contributed by atoms with Crippen molar-refractivity contribution in [3.05, 3.63) is 11.9 Å². The van der Waals surface area contributed by atoms with Crippen molar-refractivity contribution in [1.82, 2.24) is 9.55 Å². The second-order valence-electron chi connectivity index (χ2n) is 5.80. The average Bonchev–Trinajstić information content (AvgIpc) is 2.70. The average molecular weight is 265 g/mol. The number of ether oxygens (including phenoxy) is 1. The Hall–Kier alpha value is -1.03. The number of aryl methyl sites for hydroxylation is 1. The molecule has 0 atom stereocenters. The quantitative estimate of drug-likeness (QED) is 0.857. The molecule has 1 aromatic rings. The minimum Gasteiger partial charge on any atom is -0.377 e. The van der Waals surface area contributed by atoms with Crippen LogP contribution in [-0.2, 0) is 11.3 Å². The van der Waals surface area contributed by atoms with Gasteiger partial charge in [-0.2, -0.15) is 0 Å². The van der Waals surface area contributed by atoms with Crippen molar-refractivity contribution >= 4 is 5.95 Å². The molecule has 4 heteroatoms. The van der Waals surface area contributed by atoms with Gasteiger partial charge in [0.2, 0.25) is 5.95 Å². The first-order valence-corrected chi connectivity index (χ1v) is 7.57. The Morgan fingerprint density at radius 1 is 1.37 bits per heavy atom. The highest BCUT2D eigenvalue weighted by Gasteiger charge is 2.15. The minimum atomic E-state index is 0.291. The van der Waals surface area contributed by atoms with Crippen molar-refractivity contribution in [2.24, 2.45) is 0 Å². The first kappa shape index (κ1) is 14.4. The maximum Gasteiger partial charge on any atom is 0.203 e. The summed E-state index contributed by atoms with van der Waals surface area (Å²) in [7, 11) is 0. The molecule has 1 aromatic heterocycles. The van der Waals surface area contributed by atoms with Crippen LogP contribution in [0.25, 0.3) is 0 Å². The van der Waals surface area contributed by atoms with Gasteiger partial charge in [-0.3, -0.25) is 0 Å². The molecule has 0 amide bonds. The summed E-state index contributed by atoms with van der Waals surface area (Å²) < 4.78 is 7.81. The third-order valence-corrected chi connectivity index (χ3v) is 3.62. The molecule has 2 rings (SSSR count). The summed E-state index contributed by atoms with van der Waals surface area (Å²) in [6, 6.07) is 0.598. The van der Waals surface area contributed by atoms with Gasteiger partial charge in [0.25, 0.3) is 0 Å². The fourth-order valence-corrected chi connectivity index (χ4v) is 2.65. The smallest absolute Gasteiger partial charge is 0.203 e. The van der Waals surface area contributed by atoms with E-state index < -0.39 is 0 Å². The minimum absolute atomic E-state index is 0.291. The highest BCUT2D eigenvalue weighted by atomic mass is 16.5. The number of imidazole rings is 1. The van der Waals surface area contributed by atoms with Crippen molar-refractivity contribution in [3.8, 4) is 0 Å². The lowest BCUT2D eigenvalue weighted by Gasteiger charge is -2.23. The lowest BCUT2D eigenvalue weighted by Crippen LogP contribution is -2.24. The van der Waals surface area contributed by atoms with E-state index in [1.807, 2.05) is 6.92 Å². The molecule has 0 spiro atoms. The van der Waals surface area contributed by atoms with Crippen LogP contribution in [0.5, 0.6) is 0 Å². The molecule has 108 valence electrons. The van der Waals surface area contributed by atoms with Crippen LogP contribution < -0.4 is 5.32 Å². The van der Waals surface area contributed by atoms with E-state index in [1.54, 1.807) is 0 Å². The van der Waals surface area contributed by atoms with Gasteiger partial charge >= 0.3 is 0 Å². The van der Waals surface area contributed by atoms with Gasteiger partial charge in [0.05, 0.1) is 18.4 Å². The van der Waals surface area contributed by atoms with Crippen LogP contribution in [0.4, 0.5) is 5.95 Å². The van der Waals surface area contributed by atoms with E-state index >= 15 is 0 Å². The van der Waals surface area contributed by atoms with Crippen molar-refractivity contribution in [2.45, 2.75) is 71.6 Å². The third kappa shape index (κ3) is 4.53. The number of nitrogens with one attached hydrogen (secondary N) is 1. The summed E-state index contributed by atoms with van der Waals surface area (Å²) in [5.74, 6) is 1.01. The zero-order valence-electron chi connectivity index (χ0n) is 12.5. The van der Waals surface area contributed by atoms with Gasteiger partial charge in [0, 0.05) is 18.8 Å². The molecule has 19 heavy (non-hydrogen) atoms. The number of anilines is 1. The maximum atomic E-state index is 5.62. The van der Waals surface area contributed by atoms with E-state index in [0.29, 0.717) is 12.1 Å². The van der Waals surface area contributed by atoms with Crippen molar-refractivity contribution < 1.29 is 4.74 Å². The van der Waals surface area contributed by atoms with E-state index in [-0.39, 0.29) is 0 Å². The van der Waals surface area contributed by atoms with Crippen LogP contribution in [0, 0.1) is 6.92 Å². The molecule has 0 bridgehead atoms. The Morgan fingerprint density at radius 2 is 2.11 bits per heavy atom. The summed E-state index contributed by atoms with van der Waals surface area (Å²) >= 11 is 0. The van der Waals surface area contributed by atoms with E-state index in [0.717, 1.165) is 24.8 Å². The van der Waals surface area contributed by atoms with Crippen LogP contribution in [0.15, 0.2) is 6.20 Å². The fourth-order valence-electron chi connectivity index (χ4n) is 2.65. The molecule has 4 nitrogen and oxygen atoms in total. The Bertz CT molecular complexity index is 381. The second-order valence-corrected chi connectivity index (χ2v) is 5.80. The summed E-state index contributed by atoms with van der Waals surface area (Å²) in [5.41, 5.74) is 1.07. The Labute approximate surface area is 116 Å². The van der Waals surface area contributed by atoms with E-state index in [2.05, 4.69) is 34.9 Å². The lowest BCUT2D eigenvalue weighted by atomic mass is 9.96.